The second-order valence-electron chi connectivity index (χ2n) is 3.85. The first-order valence-corrected chi connectivity index (χ1v) is 5.46. The van der Waals surface area contributed by atoms with Crippen molar-refractivity contribution in [3.8, 4) is 11.1 Å². The highest BCUT2D eigenvalue weighted by atomic mass is 15.1. The summed E-state index contributed by atoms with van der Waals surface area (Å²) in [6.45, 7) is 0.435. The van der Waals surface area contributed by atoms with E-state index in [2.05, 4.69) is 22.1 Å². The number of imidazole rings is 1. The number of fused-ring (bicyclic) bond motifs is 1. The van der Waals surface area contributed by atoms with Crippen LogP contribution in [0.3, 0.4) is 0 Å². The Hall–Kier alpha value is -2.20. The Labute approximate surface area is 98.8 Å². The molecule has 0 bridgehead atoms. The summed E-state index contributed by atoms with van der Waals surface area (Å²) in [5, 5.41) is 0. The number of aromatic nitrogens is 3. The first kappa shape index (κ1) is 9.99. The van der Waals surface area contributed by atoms with Crippen LogP contribution in [0.2, 0.25) is 0 Å². The Bertz CT molecular complexity index is 643. The molecular weight excluding hydrogens is 212 g/mol. The van der Waals surface area contributed by atoms with Crippen molar-refractivity contribution in [2.45, 2.75) is 6.54 Å². The van der Waals surface area contributed by atoms with Gasteiger partial charge in [-0.25, -0.2) is 9.97 Å². The van der Waals surface area contributed by atoms with E-state index < -0.39 is 0 Å². The van der Waals surface area contributed by atoms with E-state index in [-0.39, 0.29) is 0 Å². The highest BCUT2D eigenvalue weighted by Crippen LogP contribution is 2.18. The molecule has 3 rings (SSSR count). The van der Waals surface area contributed by atoms with E-state index in [0.717, 1.165) is 16.8 Å². The second-order valence-corrected chi connectivity index (χ2v) is 3.85. The molecule has 17 heavy (non-hydrogen) atoms. The lowest BCUT2D eigenvalue weighted by atomic mass is 10.1. The molecule has 4 nitrogen and oxygen atoms in total. The molecule has 3 aromatic rings. The first-order valence-electron chi connectivity index (χ1n) is 5.46. The van der Waals surface area contributed by atoms with Crippen molar-refractivity contribution in [1.29, 1.82) is 0 Å². The third-order valence-corrected chi connectivity index (χ3v) is 2.68. The third-order valence-electron chi connectivity index (χ3n) is 2.68. The monoisotopic (exact) mass is 224 g/mol. The number of hydrogen-bond donors (Lipinski definition) is 1. The summed E-state index contributed by atoms with van der Waals surface area (Å²) < 4.78 is 1.91. The summed E-state index contributed by atoms with van der Waals surface area (Å²) >= 11 is 0. The molecule has 0 atom stereocenters. The van der Waals surface area contributed by atoms with E-state index in [0.29, 0.717) is 12.3 Å². The fourth-order valence-electron chi connectivity index (χ4n) is 1.81. The van der Waals surface area contributed by atoms with Gasteiger partial charge in [0.15, 0.2) is 0 Å². The molecule has 0 amide bonds. The van der Waals surface area contributed by atoms with Crippen LogP contribution in [0.4, 0.5) is 0 Å². The van der Waals surface area contributed by atoms with E-state index in [4.69, 9.17) is 5.73 Å². The zero-order valence-electron chi connectivity index (χ0n) is 9.24. The lowest BCUT2D eigenvalue weighted by Crippen LogP contribution is -1.95. The molecule has 84 valence electrons. The van der Waals surface area contributed by atoms with Crippen LogP contribution in [0.5, 0.6) is 0 Å². The van der Waals surface area contributed by atoms with Gasteiger partial charge in [0, 0.05) is 30.7 Å². The average Bonchev–Trinajstić information content (AvgIpc) is 2.81. The van der Waals surface area contributed by atoms with E-state index in [1.54, 1.807) is 0 Å². The highest BCUT2D eigenvalue weighted by Gasteiger charge is 2.03. The molecule has 2 aromatic heterocycles. The van der Waals surface area contributed by atoms with Crippen LogP contribution in [0, 0.1) is 0 Å². The molecule has 0 spiro atoms. The van der Waals surface area contributed by atoms with E-state index in [1.165, 1.54) is 0 Å². The van der Waals surface area contributed by atoms with E-state index in [1.807, 2.05) is 41.2 Å². The minimum atomic E-state index is 0.435. The Morgan fingerprint density at radius 2 is 1.88 bits per heavy atom. The molecular formula is C13H12N4. The minimum absolute atomic E-state index is 0.435. The van der Waals surface area contributed by atoms with Crippen molar-refractivity contribution in [1.82, 2.24) is 14.4 Å². The Morgan fingerprint density at radius 1 is 1.06 bits per heavy atom. The maximum atomic E-state index is 5.56. The van der Waals surface area contributed by atoms with Gasteiger partial charge in [-0.1, -0.05) is 30.3 Å². The van der Waals surface area contributed by atoms with Crippen LogP contribution in [0.1, 0.15) is 5.69 Å². The molecule has 0 aliphatic carbocycles. The smallest absolute Gasteiger partial charge is 0.233 e. The van der Waals surface area contributed by atoms with Crippen LogP contribution in [-0.4, -0.2) is 14.4 Å². The van der Waals surface area contributed by atoms with E-state index in [9.17, 15) is 0 Å². The largest absolute Gasteiger partial charge is 0.325 e. The van der Waals surface area contributed by atoms with Crippen LogP contribution >= 0.6 is 0 Å². The van der Waals surface area contributed by atoms with Gasteiger partial charge < -0.3 is 5.73 Å². The molecule has 2 N–H and O–H groups in total. The molecule has 0 unspecified atom stereocenters. The summed E-state index contributed by atoms with van der Waals surface area (Å²) in [7, 11) is 0. The molecule has 1 aromatic carbocycles. The number of nitrogens with two attached hydrogens (primary N) is 1. The highest BCUT2D eigenvalue weighted by molar-refractivity contribution is 5.62. The average molecular weight is 224 g/mol. The van der Waals surface area contributed by atoms with Gasteiger partial charge >= 0.3 is 0 Å². The summed E-state index contributed by atoms with van der Waals surface area (Å²) in [4.78, 5) is 8.62. The Morgan fingerprint density at radius 3 is 2.65 bits per heavy atom. The topological polar surface area (TPSA) is 56.2 Å². The zero-order chi connectivity index (χ0) is 11.7. The van der Waals surface area contributed by atoms with Crippen LogP contribution in [-0.2, 0) is 6.54 Å². The lowest BCUT2D eigenvalue weighted by Gasteiger charge is -2.00. The zero-order valence-corrected chi connectivity index (χ0v) is 9.24. The maximum absolute atomic E-state index is 5.56. The predicted octanol–water partition coefficient (Wildman–Crippen LogP) is 1.85. The normalized spacial score (nSPS) is 10.9. The SMILES string of the molecule is NCc1cn2cc(-c3ccccc3)cnc2n1. The van der Waals surface area contributed by atoms with Crippen molar-refractivity contribution < 1.29 is 0 Å². The number of rotatable bonds is 2. The van der Waals surface area contributed by atoms with Gasteiger partial charge in [0.2, 0.25) is 5.78 Å². The van der Waals surface area contributed by atoms with Gasteiger partial charge in [-0.3, -0.25) is 4.40 Å². The summed E-state index contributed by atoms with van der Waals surface area (Å²) in [6, 6.07) is 10.1. The fraction of sp³-hybridized carbons (Fsp3) is 0.0769. The second kappa shape index (κ2) is 3.99. The Balaban J connectivity index is 2.13. The van der Waals surface area contributed by atoms with Crippen LogP contribution in [0.15, 0.2) is 48.9 Å². The summed E-state index contributed by atoms with van der Waals surface area (Å²) in [6.07, 6.45) is 5.76. The maximum Gasteiger partial charge on any atom is 0.233 e. The quantitative estimate of drug-likeness (QED) is 0.722. The molecule has 0 saturated carbocycles. The third kappa shape index (κ3) is 1.79. The molecule has 0 fully saturated rings. The van der Waals surface area contributed by atoms with Crippen molar-refractivity contribution >= 4 is 5.78 Å². The van der Waals surface area contributed by atoms with Gasteiger partial charge in [0.05, 0.1) is 5.69 Å². The summed E-state index contributed by atoms with van der Waals surface area (Å²) in [5.74, 6) is 0.685. The number of hydrogen-bond acceptors (Lipinski definition) is 3. The molecule has 0 radical (unpaired) electrons. The molecule has 4 heteroatoms. The van der Waals surface area contributed by atoms with Gasteiger partial charge in [0.25, 0.3) is 0 Å². The molecule has 0 saturated heterocycles. The molecule has 2 heterocycles. The van der Waals surface area contributed by atoms with Gasteiger partial charge in [0.1, 0.15) is 0 Å². The fourth-order valence-corrected chi connectivity index (χ4v) is 1.81. The predicted molar refractivity (Wildman–Crippen MR) is 66.3 cm³/mol. The van der Waals surface area contributed by atoms with Crippen molar-refractivity contribution in [2.24, 2.45) is 5.73 Å². The number of nitrogens with zero attached hydrogens (tertiary/aromatic N) is 3. The molecule has 0 aliphatic heterocycles. The van der Waals surface area contributed by atoms with Crippen molar-refractivity contribution in [2.75, 3.05) is 0 Å². The lowest BCUT2D eigenvalue weighted by molar-refractivity contribution is 1.01. The minimum Gasteiger partial charge on any atom is -0.325 e. The van der Waals surface area contributed by atoms with Crippen LogP contribution < -0.4 is 5.73 Å². The molecule has 0 aliphatic rings. The first-order chi connectivity index (χ1) is 8.36. The summed E-state index contributed by atoms with van der Waals surface area (Å²) in [5.41, 5.74) is 8.62. The number of benzene rings is 1. The van der Waals surface area contributed by atoms with E-state index >= 15 is 0 Å². The van der Waals surface area contributed by atoms with Gasteiger partial charge in [-0.2, -0.15) is 0 Å². The van der Waals surface area contributed by atoms with Gasteiger partial charge in [-0.05, 0) is 5.56 Å². The van der Waals surface area contributed by atoms with Crippen molar-refractivity contribution in [3.63, 3.8) is 0 Å². The Kier molecular flexibility index (Phi) is 2.34. The van der Waals surface area contributed by atoms with Crippen LogP contribution in [0.25, 0.3) is 16.9 Å². The standard InChI is InChI=1S/C13H12N4/c14-6-12-9-17-8-11(7-15-13(17)16-12)10-4-2-1-3-5-10/h1-5,7-9H,6,14H2. The van der Waals surface area contributed by atoms with Crippen molar-refractivity contribution in [3.05, 3.63) is 54.6 Å². The van der Waals surface area contributed by atoms with Gasteiger partial charge in [-0.15, -0.1) is 0 Å².